The Morgan fingerprint density at radius 2 is 2.07 bits per heavy atom. The van der Waals surface area contributed by atoms with Crippen molar-refractivity contribution in [1.82, 2.24) is 0 Å². The Kier molecular flexibility index (Phi) is 2.71. The minimum atomic E-state index is 0.128. The molecular formula is C12H17NO2. The van der Waals surface area contributed by atoms with Gasteiger partial charge in [-0.1, -0.05) is 0 Å². The fraction of sp³-hybridized carbons (Fsp3) is 0.500. The van der Waals surface area contributed by atoms with E-state index in [2.05, 4.69) is 0 Å². The lowest BCUT2D eigenvalue weighted by atomic mass is 10.3. The Morgan fingerprint density at radius 1 is 1.33 bits per heavy atom. The highest BCUT2D eigenvalue weighted by Crippen LogP contribution is 2.32. The van der Waals surface area contributed by atoms with Crippen molar-refractivity contribution in [3.63, 3.8) is 0 Å². The van der Waals surface area contributed by atoms with Crippen LogP contribution in [0.1, 0.15) is 26.7 Å². The molecule has 0 atom stereocenters. The standard InChI is InChI=1S/C12H17NO2/c1-8(2)14-12-7-10(5-6-11(12)13)15-9-3-4-9/h5-9H,3-4,13H2,1-2H3. The van der Waals surface area contributed by atoms with Crippen molar-refractivity contribution in [1.29, 1.82) is 0 Å². The summed E-state index contributed by atoms with van der Waals surface area (Å²) < 4.78 is 11.2. The fourth-order valence-electron chi connectivity index (χ4n) is 1.32. The molecule has 0 saturated heterocycles. The summed E-state index contributed by atoms with van der Waals surface area (Å²) in [5.74, 6) is 1.56. The van der Waals surface area contributed by atoms with Gasteiger partial charge < -0.3 is 15.2 Å². The van der Waals surface area contributed by atoms with Crippen LogP contribution in [0, 0.1) is 0 Å². The van der Waals surface area contributed by atoms with E-state index < -0.39 is 0 Å². The predicted molar refractivity (Wildman–Crippen MR) is 60.3 cm³/mol. The first-order chi connectivity index (χ1) is 7.15. The molecule has 0 spiro atoms. The third-order valence-electron chi connectivity index (χ3n) is 2.17. The summed E-state index contributed by atoms with van der Waals surface area (Å²) in [5, 5.41) is 0. The monoisotopic (exact) mass is 207 g/mol. The summed E-state index contributed by atoms with van der Waals surface area (Å²) in [4.78, 5) is 0. The van der Waals surface area contributed by atoms with E-state index in [1.54, 1.807) is 0 Å². The molecule has 3 nitrogen and oxygen atoms in total. The lowest BCUT2D eigenvalue weighted by Crippen LogP contribution is -2.07. The molecule has 1 saturated carbocycles. The van der Waals surface area contributed by atoms with Crippen LogP contribution >= 0.6 is 0 Å². The maximum absolute atomic E-state index is 5.80. The predicted octanol–water partition coefficient (Wildman–Crippen LogP) is 2.60. The second-order valence-electron chi connectivity index (χ2n) is 4.18. The molecule has 1 aliphatic rings. The summed E-state index contributed by atoms with van der Waals surface area (Å²) in [6.45, 7) is 3.96. The average Bonchev–Trinajstić information content (AvgIpc) is 2.94. The smallest absolute Gasteiger partial charge is 0.146 e. The molecule has 1 aromatic carbocycles. The van der Waals surface area contributed by atoms with E-state index in [9.17, 15) is 0 Å². The second kappa shape index (κ2) is 4.01. The lowest BCUT2D eigenvalue weighted by molar-refractivity contribution is 0.241. The summed E-state index contributed by atoms with van der Waals surface area (Å²) >= 11 is 0. The van der Waals surface area contributed by atoms with Crippen molar-refractivity contribution in [3.8, 4) is 11.5 Å². The first-order valence-corrected chi connectivity index (χ1v) is 5.38. The SMILES string of the molecule is CC(C)Oc1cc(OC2CC2)ccc1N. The molecule has 0 radical (unpaired) electrons. The van der Waals surface area contributed by atoms with Crippen LogP contribution < -0.4 is 15.2 Å². The van der Waals surface area contributed by atoms with Gasteiger partial charge in [-0.2, -0.15) is 0 Å². The van der Waals surface area contributed by atoms with Gasteiger partial charge >= 0.3 is 0 Å². The number of ether oxygens (including phenoxy) is 2. The Bertz CT molecular complexity index is 345. The van der Waals surface area contributed by atoms with Gasteiger partial charge in [0, 0.05) is 6.07 Å². The highest BCUT2D eigenvalue weighted by molar-refractivity contribution is 5.55. The van der Waals surface area contributed by atoms with Crippen LogP contribution in [-0.2, 0) is 0 Å². The molecule has 1 aromatic rings. The van der Waals surface area contributed by atoms with Crippen molar-refractivity contribution in [2.24, 2.45) is 0 Å². The minimum Gasteiger partial charge on any atom is -0.490 e. The summed E-state index contributed by atoms with van der Waals surface area (Å²) in [6, 6.07) is 5.59. The topological polar surface area (TPSA) is 44.5 Å². The first-order valence-electron chi connectivity index (χ1n) is 5.38. The van der Waals surface area contributed by atoms with Gasteiger partial charge in [0.15, 0.2) is 0 Å². The molecule has 2 rings (SSSR count). The van der Waals surface area contributed by atoms with Crippen molar-refractivity contribution in [2.75, 3.05) is 5.73 Å². The van der Waals surface area contributed by atoms with Gasteiger partial charge in [0.05, 0.1) is 17.9 Å². The molecule has 0 aliphatic heterocycles. The van der Waals surface area contributed by atoms with Gasteiger partial charge in [-0.3, -0.25) is 0 Å². The van der Waals surface area contributed by atoms with Gasteiger partial charge in [0.2, 0.25) is 0 Å². The zero-order valence-electron chi connectivity index (χ0n) is 9.19. The summed E-state index contributed by atoms with van der Waals surface area (Å²) in [6.07, 6.45) is 2.85. The molecule has 0 unspecified atom stereocenters. The zero-order chi connectivity index (χ0) is 10.8. The molecule has 0 aromatic heterocycles. The van der Waals surface area contributed by atoms with Crippen LogP contribution in [0.3, 0.4) is 0 Å². The summed E-state index contributed by atoms with van der Waals surface area (Å²) in [7, 11) is 0. The van der Waals surface area contributed by atoms with Crippen molar-refractivity contribution in [2.45, 2.75) is 38.9 Å². The molecule has 2 N–H and O–H groups in total. The molecule has 0 heterocycles. The maximum Gasteiger partial charge on any atom is 0.146 e. The quantitative estimate of drug-likeness (QED) is 0.772. The molecule has 0 amide bonds. The van der Waals surface area contributed by atoms with E-state index in [0.29, 0.717) is 17.5 Å². The van der Waals surface area contributed by atoms with E-state index in [1.807, 2.05) is 32.0 Å². The molecule has 0 bridgehead atoms. The Hall–Kier alpha value is -1.38. The third-order valence-corrected chi connectivity index (χ3v) is 2.17. The van der Waals surface area contributed by atoms with E-state index in [0.717, 1.165) is 18.6 Å². The fourth-order valence-corrected chi connectivity index (χ4v) is 1.32. The highest BCUT2D eigenvalue weighted by atomic mass is 16.5. The van der Waals surface area contributed by atoms with E-state index in [4.69, 9.17) is 15.2 Å². The van der Waals surface area contributed by atoms with Crippen LogP contribution in [0.4, 0.5) is 5.69 Å². The van der Waals surface area contributed by atoms with E-state index in [-0.39, 0.29) is 6.10 Å². The van der Waals surface area contributed by atoms with Crippen LogP contribution in [0.15, 0.2) is 18.2 Å². The maximum atomic E-state index is 5.80. The number of nitrogen functional groups attached to an aromatic ring is 1. The van der Waals surface area contributed by atoms with Crippen molar-refractivity contribution < 1.29 is 9.47 Å². The van der Waals surface area contributed by atoms with Crippen molar-refractivity contribution in [3.05, 3.63) is 18.2 Å². The first kappa shape index (κ1) is 10.1. The second-order valence-corrected chi connectivity index (χ2v) is 4.18. The Labute approximate surface area is 90.2 Å². The number of hydrogen-bond donors (Lipinski definition) is 1. The molecule has 15 heavy (non-hydrogen) atoms. The molecule has 1 fully saturated rings. The Balaban J connectivity index is 2.11. The van der Waals surface area contributed by atoms with Gasteiger partial charge in [0.25, 0.3) is 0 Å². The Morgan fingerprint density at radius 3 is 2.67 bits per heavy atom. The molecule has 3 heteroatoms. The normalized spacial score (nSPS) is 15.4. The molecule has 1 aliphatic carbocycles. The van der Waals surface area contributed by atoms with Crippen LogP contribution in [0.2, 0.25) is 0 Å². The number of hydrogen-bond acceptors (Lipinski definition) is 3. The lowest BCUT2D eigenvalue weighted by Gasteiger charge is -2.13. The minimum absolute atomic E-state index is 0.128. The average molecular weight is 207 g/mol. The number of rotatable bonds is 4. The summed E-state index contributed by atoms with van der Waals surface area (Å²) in [5.41, 5.74) is 6.46. The highest BCUT2D eigenvalue weighted by Gasteiger charge is 2.23. The van der Waals surface area contributed by atoms with Crippen LogP contribution in [-0.4, -0.2) is 12.2 Å². The van der Waals surface area contributed by atoms with E-state index in [1.165, 1.54) is 0 Å². The van der Waals surface area contributed by atoms with Gasteiger partial charge in [-0.25, -0.2) is 0 Å². The van der Waals surface area contributed by atoms with Gasteiger partial charge in [-0.15, -0.1) is 0 Å². The van der Waals surface area contributed by atoms with Crippen LogP contribution in [0.25, 0.3) is 0 Å². The van der Waals surface area contributed by atoms with Crippen molar-refractivity contribution >= 4 is 5.69 Å². The van der Waals surface area contributed by atoms with Crippen LogP contribution in [0.5, 0.6) is 11.5 Å². The number of anilines is 1. The zero-order valence-corrected chi connectivity index (χ0v) is 9.19. The number of nitrogens with two attached hydrogens (primary N) is 1. The molecule has 82 valence electrons. The molecular weight excluding hydrogens is 190 g/mol. The van der Waals surface area contributed by atoms with Gasteiger partial charge in [0.1, 0.15) is 11.5 Å². The van der Waals surface area contributed by atoms with E-state index >= 15 is 0 Å². The largest absolute Gasteiger partial charge is 0.490 e. The third kappa shape index (κ3) is 2.78. The number of benzene rings is 1. The van der Waals surface area contributed by atoms with Gasteiger partial charge in [-0.05, 0) is 38.8 Å².